The van der Waals surface area contributed by atoms with Crippen molar-refractivity contribution < 1.29 is 4.79 Å². The van der Waals surface area contributed by atoms with Crippen LogP contribution in [-0.4, -0.2) is 10.5 Å². The molecule has 0 bridgehead atoms. The number of carbonyl (C=O) groups excluding carboxylic acids is 1. The van der Waals surface area contributed by atoms with Crippen LogP contribution >= 0.6 is 22.7 Å². The van der Waals surface area contributed by atoms with E-state index in [4.69, 9.17) is 0 Å². The summed E-state index contributed by atoms with van der Waals surface area (Å²) in [7, 11) is 1.63. The number of thiophene rings is 1. The van der Waals surface area contributed by atoms with E-state index in [-0.39, 0.29) is 16.2 Å². The zero-order chi connectivity index (χ0) is 16.7. The van der Waals surface area contributed by atoms with Gasteiger partial charge in [-0.05, 0) is 23.3 Å². The molecule has 1 amide bonds. The molecule has 22 heavy (non-hydrogen) atoms. The first-order valence-corrected chi connectivity index (χ1v) is 8.36. The molecule has 7 heteroatoms. The third kappa shape index (κ3) is 2.85. The summed E-state index contributed by atoms with van der Waals surface area (Å²) in [6, 6.07) is 2.17. The van der Waals surface area contributed by atoms with Gasteiger partial charge in [0.25, 0.3) is 5.91 Å². The van der Waals surface area contributed by atoms with Crippen molar-refractivity contribution in [1.29, 1.82) is 5.26 Å². The van der Waals surface area contributed by atoms with Crippen molar-refractivity contribution in [2.24, 2.45) is 7.05 Å². The fourth-order valence-corrected chi connectivity index (χ4v) is 4.01. The van der Waals surface area contributed by atoms with E-state index in [2.05, 4.69) is 11.4 Å². The standard InChI is InChI=1S/C15H17N3O2S2/c1-8-11(22-14(20)18(8)5)12(19)17-13-9(6-16)10(7-21-13)15(2,3)4/h7H,1-5H3,(H,17,19). The van der Waals surface area contributed by atoms with Gasteiger partial charge in [0.05, 0.1) is 5.56 Å². The Balaban J connectivity index is 2.38. The van der Waals surface area contributed by atoms with Crippen LogP contribution in [0.5, 0.6) is 0 Å². The monoisotopic (exact) mass is 335 g/mol. The second-order valence-corrected chi connectivity index (χ2v) is 7.85. The summed E-state index contributed by atoms with van der Waals surface area (Å²) < 4.78 is 1.44. The average Bonchev–Trinajstić information content (AvgIpc) is 2.95. The SMILES string of the molecule is Cc1c(C(=O)Nc2scc(C(C)(C)C)c2C#N)sc(=O)n1C. The summed E-state index contributed by atoms with van der Waals surface area (Å²) in [4.78, 5) is 24.2. The van der Waals surface area contributed by atoms with E-state index in [0.717, 1.165) is 16.9 Å². The summed E-state index contributed by atoms with van der Waals surface area (Å²) in [5.74, 6) is -0.348. The average molecular weight is 335 g/mol. The first kappa shape index (κ1) is 16.5. The Kier molecular flexibility index (Phi) is 4.27. The molecule has 1 N–H and O–H groups in total. The highest BCUT2D eigenvalue weighted by Gasteiger charge is 2.24. The summed E-state index contributed by atoms with van der Waals surface area (Å²) >= 11 is 2.24. The van der Waals surface area contributed by atoms with E-state index in [1.165, 1.54) is 15.9 Å². The lowest BCUT2D eigenvalue weighted by Gasteiger charge is -2.17. The maximum atomic E-state index is 12.4. The minimum absolute atomic E-state index is 0.169. The van der Waals surface area contributed by atoms with E-state index < -0.39 is 0 Å². The van der Waals surface area contributed by atoms with Gasteiger partial charge in [0.1, 0.15) is 15.9 Å². The predicted molar refractivity (Wildman–Crippen MR) is 90.0 cm³/mol. The van der Waals surface area contributed by atoms with Crippen LogP contribution in [0.3, 0.4) is 0 Å². The first-order chi connectivity index (χ1) is 10.2. The lowest BCUT2D eigenvalue weighted by Crippen LogP contribution is -2.15. The minimum atomic E-state index is -0.348. The fourth-order valence-electron chi connectivity index (χ4n) is 2.00. The molecule has 2 aromatic heterocycles. The lowest BCUT2D eigenvalue weighted by atomic mass is 9.86. The number of rotatable bonds is 2. The summed E-state index contributed by atoms with van der Waals surface area (Å²) in [6.45, 7) is 7.80. The summed E-state index contributed by atoms with van der Waals surface area (Å²) in [5.41, 5.74) is 1.86. The number of thiazole rings is 1. The van der Waals surface area contributed by atoms with Crippen molar-refractivity contribution in [2.45, 2.75) is 33.1 Å². The van der Waals surface area contributed by atoms with Crippen LogP contribution in [0, 0.1) is 18.3 Å². The number of amides is 1. The van der Waals surface area contributed by atoms with Gasteiger partial charge in [0, 0.05) is 12.7 Å². The van der Waals surface area contributed by atoms with E-state index in [0.29, 0.717) is 21.1 Å². The zero-order valence-electron chi connectivity index (χ0n) is 13.1. The maximum Gasteiger partial charge on any atom is 0.307 e. The molecule has 0 aliphatic heterocycles. The van der Waals surface area contributed by atoms with Crippen LogP contribution in [0.2, 0.25) is 0 Å². The minimum Gasteiger partial charge on any atom is -0.312 e. The van der Waals surface area contributed by atoms with Crippen molar-refractivity contribution in [3.05, 3.63) is 36.7 Å². The van der Waals surface area contributed by atoms with Gasteiger partial charge in [-0.15, -0.1) is 11.3 Å². The van der Waals surface area contributed by atoms with Gasteiger partial charge < -0.3 is 9.88 Å². The molecule has 116 valence electrons. The maximum absolute atomic E-state index is 12.4. The third-order valence-corrected chi connectivity index (χ3v) is 5.47. The molecule has 0 aliphatic carbocycles. The van der Waals surface area contributed by atoms with Gasteiger partial charge in [-0.1, -0.05) is 32.1 Å². The lowest BCUT2D eigenvalue weighted by molar-refractivity contribution is 0.103. The van der Waals surface area contributed by atoms with Crippen LogP contribution in [-0.2, 0) is 12.5 Å². The highest BCUT2D eigenvalue weighted by Crippen LogP contribution is 2.35. The number of hydrogen-bond acceptors (Lipinski definition) is 5. The molecule has 2 heterocycles. The number of nitrogens with one attached hydrogen (secondary N) is 1. The number of aromatic nitrogens is 1. The molecule has 0 unspecified atom stereocenters. The Morgan fingerprint density at radius 2 is 2.05 bits per heavy atom. The number of carbonyl (C=O) groups is 1. The quantitative estimate of drug-likeness (QED) is 0.915. The smallest absolute Gasteiger partial charge is 0.307 e. The van der Waals surface area contributed by atoms with Crippen LogP contribution < -0.4 is 10.2 Å². The highest BCUT2D eigenvalue weighted by molar-refractivity contribution is 7.15. The van der Waals surface area contributed by atoms with E-state index in [1.807, 2.05) is 26.2 Å². The second kappa shape index (κ2) is 5.71. The van der Waals surface area contributed by atoms with Crippen LogP contribution in [0.1, 0.15) is 47.3 Å². The van der Waals surface area contributed by atoms with Crippen LogP contribution in [0.25, 0.3) is 0 Å². The van der Waals surface area contributed by atoms with E-state index in [1.54, 1.807) is 14.0 Å². The van der Waals surface area contributed by atoms with Crippen molar-refractivity contribution in [3.63, 3.8) is 0 Å². The number of anilines is 1. The number of nitrogens with zero attached hydrogens (tertiary/aromatic N) is 2. The Bertz CT molecular complexity index is 829. The molecule has 0 spiro atoms. The molecule has 0 radical (unpaired) electrons. The summed E-state index contributed by atoms with van der Waals surface area (Å²) in [5, 5.41) is 14.6. The van der Waals surface area contributed by atoms with Gasteiger partial charge in [0.2, 0.25) is 0 Å². The molecule has 0 fully saturated rings. The number of nitriles is 1. The molecular formula is C15H17N3O2S2. The summed E-state index contributed by atoms with van der Waals surface area (Å²) in [6.07, 6.45) is 0. The Morgan fingerprint density at radius 3 is 2.50 bits per heavy atom. The van der Waals surface area contributed by atoms with Gasteiger partial charge >= 0.3 is 4.87 Å². The van der Waals surface area contributed by atoms with Gasteiger partial charge in [0.15, 0.2) is 0 Å². The largest absolute Gasteiger partial charge is 0.312 e. The first-order valence-electron chi connectivity index (χ1n) is 6.66. The molecule has 2 aromatic rings. The van der Waals surface area contributed by atoms with Gasteiger partial charge in [-0.25, -0.2) is 0 Å². The Hall–Kier alpha value is -1.91. The highest BCUT2D eigenvalue weighted by atomic mass is 32.1. The molecule has 2 rings (SSSR count). The van der Waals surface area contributed by atoms with Crippen molar-refractivity contribution in [3.8, 4) is 6.07 Å². The molecular weight excluding hydrogens is 318 g/mol. The van der Waals surface area contributed by atoms with Crippen LogP contribution in [0.15, 0.2) is 10.2 Å². The molecule has 0 saturated carbocycles. The fraction of sp³-hybridized carbons (Fsp3) is 0.400. The molecule has 0 aromatic carbocycles. The zero-order valence-corrected chi connectivity index (χ0v) is 14.7. The van der Waals surface area contributed by atoms with Crippen LogP contribution in [0.4, 0.5) is 5.00 Å². The van der Waals surface area contributed by atoms with Crippen molar-refractivity contribution >= 4 is 33.6 Å². The third-order valence-electron chi connectivity index (χ3n) is 3.44. The number of hydrogen-bond donors (Lipinski definition) is 1. The Labute approximate surface area is 136 Å². The molecule has 5 nitrogen and oxygen atoms in total. The predicted octanol–water partition coefficient (Wildman–Crippen LogP) is 3.24. The second-order valence-electron chi connectivity index (χ2n) is 6.01. The molecule has 0 saturated heterocycles. The van der Waals surface area contributed by atoms with Crippen molar-refractivity contribution in [1.82, 2.24) is 4.57 Å². The van der Waals surface area contributed by atoms with Gasteiger partial charge in [-0.3, -0.25) is 9.59 Å². The normalized spacial score (nSPS) is 11.3. The molecule has 0 aliphatic rings. The van der Waals surface area contributed by atoms with Crippen molar-refractivity contribution in [2.75, 3.05) is 5.32 Å². The topological polar surface area (TPSA) is 74.9 Å². The van der Waals surface area contributed by atoms with Gasteiger partial charge in [-0.2, -0.15) is 5.26 Å². The molecule has 0 atom stereocenters. The Morgan fingerprint density at radius 1 is 1.41 bits per heavy atom. The van der Waals surface area contributed by atoms with E-state index >= 15 is 0 Å². The van der Waals surface area contributed by atoms with E-state index in [9.17, 15) is 14.9 Å².